The molecule has 0 bridgehead atoms. The smallest absolute Gasteiger partial charge is 0.332 e. The van der Waals surface area contributed by atoms with Crippen LogP contribution < -0.4 is 15.5 Å². The van der Waals surface area contributed by atoms with Crippen molar-refractivity contribution in [3.05, 3.63) is 30.1 Å². The van der Waals surface area contributed by atoms with Gasteiger partial charge in [0.05, 0.1) is 6.61 Å². The second kappa shape index (κ2) is 8.39. The molecule has 9 nitrogen and oxygen atoms in total. The molecular formula is C16H19FN4O5. The summed E-state index contributed by atoms with van der Waals surface area (Å²) in [5.74, 6) is -1.88. The van der Waals surface area contributed by atoms with Gasteiger partial charge in [-0.25, -0.2) is 14.0 Å². The van der Waals surface area contributed by atoms with Crippen LogP contribution in [0.5, 0.6) is 0 Å². The highest BCUT2D eigenvalue weighted by Gasteiger charge is 2.44. The Kier molecular flexibility index (Phi) is 6.23. The molecule has 1 atom stereocenters. The van der Waals surface area contributed by atoms with Crippen LogP contribution in [0.4, 0.5) is 19.7 Å². The first-order valence-corrected chi connectivity index (χ1v) is 7.82. The van der Waals surface area contributed by atoms with Gasteiger partial charge in [0.2, 0.25) is 5.91 Å². The Balaban J connectivity index is 2.00. The zero-order chi connectivity index (χ0) is 19.3. The largest absolute Gasteiger partial charge is 0.383 e. The number of amides is 6. The van der Waals surface area contributed by atoms with E-state index >= 15 is 0 Å². The van der Waals surface area contributed by atoms with E-state index in [9.17, 15) is 23.6 Å². The van der Waals surface area contributed by atoms with Crippen LogP contribution in [0.25, 0.3) is 0 Å². The van der Waals surface area contributed by atoms with E-state index in [-0.39, 0.29) is 13.2 Å². The number of carbonyl (C=O) groups excluding carboxylic acids is 4. The molecule has 0 radical (unpaired) electrons. The number of nitrogens with one attached hydrogen (secondary N) is 2. The lowest BCUT2D eigenvalue weighted by molar-refractivity contribution is -0.131. The Hall–Kier alpha value is -3.01. The number of methoxy groups -OCH3 is 1. The Labute approximate surface area is 149 Å². The fourth-order valence-corrected chi connectivity index (χ4v) is 2.43. The van der Waals surface area contributed by atoms with Crippen molar-refractivity contribution >= 4 is 29.6 Å². The molecule has 0 saturated carbocycles. The topological polar surface area (TPSA) is 108 Å². The molecule has 0 spiro atoms. The van der Waals surface area contributed by atoms with Crippen molar-refractivity contribution < 1.29 is 28.3 Å². The quantitative estimate of drug-likeness (QED) is 0.562. The van der Waals surface area contributed by atoms with E-state index in [2.05, 4.69) is 5.32 Å². The van der Waals surface area contributed by atoms with Crippen molar-refractivity contribution in [1.82, 2.24) is 15.5 Å². The number of benzene rings is 1. The summed E-state index contributed by atoms with van der Waals surface area (Å²) >= 11 is 0. The summed E-state index contributed by atoms with van der Waals surface area (Å²) in [5, 5.41) is 4.41. The molecule has 0 unspecified atom stereocenters. The van der Waals surface area contributed by atoms with Crippen molar-refractivity contribution in [2.45, 2.75) is 13.0 Å². The molecule has 10 heteroatoms. The minimum Gasteiger partial charge on any atom is -0.383 e. The molecular weight excluding hydrogens is 347 g/mol. The van der Waals surface area contributed by atoms with Crippen molar-refractivity contribution in [3.63, 3.8) is 0 Å². The van der Waals surface area contributed by atoms with Crippen LogP contribution in [0.2, 0.25) is 0 Å². The maximum atomic E-state index is 13.0. The number of ether oxygens (including phenoxy) is 1. The molecule has 2 rings (SSSR count). The molecule has 1 aromatic carbocycles. The van der Waals surface area contributed by atoms with Crippen LogP contribution in [-0.4, -0.2) is 61.6 Å². The van der Waals surface area contributed by atoms with E-state index in [1.54, 1.807) is 0 Å². The zero-order valence-corrected chi connectivity index (χ0v) is 14.3. The van der Waals surface area contributed by atoms with Gasteiger partial charge in [-0.1, -0.05) is 0 Å². The molecule has 1 aromatic rings. The summed E-state index contributed by atoms with van der Waals surface area (Å²) in [5.41, 5.74) is 0.331. The van der Waals surface area contributed by atoms with Gasteiger partial charge in [-0.15, -0.1) is 0 Å². The van der Waals surface area contributed by atoms with Gasteiger partial charge in [0.25, 0.3) is 5.91 Å². The highest BCUT2D eigenvalue weighted by atomic mass is 19.1. The van der Waals surface area contributed by atoms with Gasteiger partial charge in [-0.2, -0.15) is 0 Å². The Morgan fingerprint density at radius 1 is 1.23 bits per heavy atom. The number of anilines is 1. The van der Waals surface area contributed by atoms with Crippen LogP contribution in [-0.2, 0) is 14.3 Å². The predicted octanol–water partition coefficient (Wildman–Crippen LogP) is 0.455. The van der Waals surface area contributed by atoms with Crippen molar-refractivity contribution in [2.24, 2.45) is 0 Å². The summed E-state index contributed by atoms with van der Waals surface area (Å²) in [7, 11) is 1.46. The third-order valence-electron chi connectivity index (χ3n) is 3.70. The maximum Gasteiger partial charge on any atom is 0.332 e. The second-order valence-electron chi connectivity index (χ2n) is 5.53. The van der Waals surface area contributed by atoms with E-state index in [1.165, 1.54) is 38.3 Å². The van der Waals surface area contributed by atoms with Crippen LogP contribution in [0.3, 0.4) is 0 Å². The van der Waals surface area contributed by atoms with Crippen molar-refractivity contribution in [1.29, 1.82) is 0 Å². The van der Waals surface area contributed by atoms with Gasteiger partial charge >= 0.3 is 12.1 Å². The van der Waals surface area contributed by atoms with E-state index in [0.29, 0.717) is 5.69 Å². The van der Waals surface area contributed by atoms with E-state index in [4.69, 9.17) is 4.74 Å². The fourth-order valence-electron chi connectivity index (χ4n) is 2.43. The monoisotopic (exact) mass is 366 g/mol. The molecule has 0 aliphatic carbocycles. The number of carbonyl (C=O) groups is 4. The minimum atomic E-state index is -0.851. The summed E-state index contributed by atoms with van der Waals surface area (Å²) in [6.07, 6.45) is 0. The molecule has 6 amide bonds. The standard InChI is InChI=1S/C16H19FN4O5/c1-10-14(23)20(9-13(22)19-15(24)18-7-8-26-2)16(25)21(10)12-5-3-11(17)4-6-12/h3-6,10H,7-9H2,1-2H3,(H2,18,19,22,24)/t10-/m0/s1. The van der Waals surface area contributed by atoms with E-state index < -0.39 is 42.3 Å². The zero-order valence-electron chi connectivity index (χ0n) is 14.3. The first-order chi connectivity index (χ1) is 12.3. The maximum absolute atomic E-state index is 13.0. The van der Waals surface area contributed by atoms with Gasteiger partial charge in [-0.3, -0.25) is 24.7 Å². The summed E-state index contributed by atoms with van der Waals surface area (Å²) < 4.78 is 17.8. The number of nitrogens with zero attached hydrogens (tertiary/aromatic N) is 2. The third-order valence-corrected chi connectivity index (χ3v) is 3.70. The molecule has 1 heterocycles. The van der Waals surface area contributed by atoms with Crippen LogP contribution in [0.15, 0.2) is 24.3 Å². The number of rotatable bonds is 6. The second-order valence-corrected chi connectivity index (χ2v) is 5.53. The number of urea groups is 2. The number of imide groups is 2. The van der Waals surface area contributed by atoms with Crippen LogP contribution in [0, 0.1) is 5.82 Å². The lowest BCUT2D eigenvalue weighted by Gasteiger charge is -2.19. The van der Waals surface area contributed by atoms with E-state index in [0.717, 1.165) is 9.80 Å². The molecule has 26 heavy (non-hydrogen) atoms. The van der Waals surface area contributed by atoms with Gasteiger partial charge in [0.1, 0.15) is 18.4 Å². The first kappa shape index (κ1) is 19.3. The van der Waals surface area contributed by atoms with Gasteiger partial charge in [0.15, 0.2) is 0 Å². The summed E-state index contributed by atoms with van der Waals surface area (Å²) in [6, 6.07) is 2.74. The summed E-state index contributed by atoms with van der Waals surface area (Å²) in [6.45, 7) is 1.37. The molecule has 1 aliphatic rings. The molecule has 140 valence electrons. The van der Waals surface area contributed by atoms with E-state index in [1.807, 2.05) is 5.32 Å². The summed E-state index contributed by atoms with van der Waals surface area (Å²) in [4.78, 5) is 50.1. The number of hydrogen-bond acceptors (Lipinski definition) is 5. The predicted molar refractivity (Wildman–Crippen MR) is 88.9 cm³/mol. The average Bonchev–Trinajstić information content (AvgIpc) is 2.80. The Bertz CT molecular complexity index is 709. The average molecular weight is 366 g/mol. The highest BCUT2D eigenvalue weighted by molar-refractivity contribution is 6.15. The Morgan fingerprint density at radius 3 is 2.50 bits per heavy atom. The van der Waals surface area contributed by atoms with Gasteiger partial charge in [0, 0.05) is 19.3 Å². The molecule has 1 aliphatic heterocycles. The van der Waals surface area contributed by atoms with Crippen molar-refractivity contribution in [3.8, 4) is 0 Å². The normalized spacial score (nSPS) is 16.8. The van der Waals surface area contributed by atoms with Crippen LogP contribution >= 0.6 is 0 Å². The molecule has 2 N–H and O–H groups in total. The molecule has 1 fully saturated rings. The first-order valence-electron chi connectivity index (χ1n) is 7.82. The van der Waals surface area contributed by atoms with Gasteiger partial charge in [-0.05, 0) is 31.2 Å². The fraction of sp³-hybridized carbons (Fsp3) is 0.375. The highest BCUT2D eigenvalue weighted by Crippen LogP contribution is 2.25. The van der Waals surface area contributed by atoms with Crippen molar-refractivity contribution in [2.75, 3.05) is 31.7 Å². The van der Waals surface area contributed by atoms with Gasteiger partial charge < -0.3 is 10.1 Å². The van der Waals surface area contributed by atoms with Crippen LogP contribution in [0.1, 0.15) is 6.92 Å². The lowest BCUT2D eigenvalue weighted by Crippen LogP contribution is -2.47. The minimum absolute atomic E-state index is 0.201. The Morgan fingerprint density at radius 2 is 1.88 bits per heavy atom. The molecule has 0 aromatic heterocycles. The number of halogens is 1. The lowest BCUT2D eigenvalue weighted by atomic mass is 10.2. The molecule has 1 saturated heterocycles. The SMILES string of the molecule is COCCNC(=O)NC(=O)CN1C(=O)[C@H](C)N(c2ccc(F)cc2)C1=O. The number of hydrogen-bond donors (Lipinski definition) is 2. The third kappa shape index (κ3) is 4.33.